The topological polar surface area (TPSA) is 84.9 Å². The molecule has 7 nitrogen and oxygen atoms in total. The number of rotatable bonds is 5. The van der Waals surface area contributed by atoms with Crippen molar-refractivity contribution in [1.82, 2.24) is 4.90 Å². The zero-order chi connectivity index (χ0) is 20.3. The lowest BCUT2D eigenvalue weighted by atomic mass is 10.1. The predicted octanol–water partition coefficient (Wildman–Crippen LogP) is 3.34. The molecule has 1 fully saturated rings. The molecule has 1 aliphatic heterocycles. The third kappa shape index (κ3) is 3.87. The number of methoxy groups -OCH3 is 2. The van der Waals surface area contributed by atoms with Crippen LogP contribution in [0.25, 0.3) is 0 Å². The zero-order valence-electron chi connectivity index (χ0n) is 16.0. The molecule has 0 aliphatic carbocycles. The molecule has 0 atom stereocenters. The van der Waals surface area contributed by atoms with Gasteiger partial charge in [0.25, 0.3) is 11.8 Å². The highest BCUT2D eigenvalue weighted by molar-refractivity contribution is 7.18. The molecule has 148 valence electrons. The Morgan fingerprint density at radius 1 is 1.14 bits per heavy atom. The number of ether oxygens (including phenoxy) is 2. The minimum absolute atomic E-state index is 0.118. The number of amides is 2. The van der Waals surface area contributed by atoms with Crippen LogP contribution in [-0.2, 0) is 4.74 Å². The van der Waals surface area contributed by atoms with Crippen molar-refractivity contribution in [2.24, 2.45) is 0 Å². The van der Waals surface area contributed by atoms with Crippen LogP contribution in [-0.4, -0.2) is 50.0 Å². The van der Waals surface area contributed by atoms with Crippen molar-refractivity contribution in [3.05, 3.63) is 45.8 Å². The number of hydrogen-bond donors (Lipinski definition) is 1. The first-order valence-corrected chi connectivity index (χ1v) is 9.74. The number of nitrogens with one attached hydrogen (secondary N) is 1. The highest BCUT2D eigenvalue weighted by atomic mass is 32.1. The number of nitrogens with zero attached hydrogens (tertiary/aromatic N) is 1. The Morgan fingerprint density at radius 3 is 2.50 bits per heavy atom. The van der Waals surface area contributed by atoms with Gasteiger partial charge in [0.2, 0.25) is 0 Å². The van der Waals surface area contributed by atoms with Crippen LogP contribution in [0.5, 0.6) is 5.75 Å². The molecule has 2 amide bonds. The number of esters is 1. The maximum Gasteiger partial charge on any atom is 0.341 e. The van der Waals surface area contributed by atoms with E-state index in [2.05, 4.69) is 5.32 Å². The normalized spacial score (nSPS) is 13.3. The summed E-state index contributed by atoms with van der Waals surface area (Å²) in [7, 11) is 2.79. The van der Waals surface area contributed by atoms with Crippen molar-refractivity contribution in [1.29, 1.82) is 0 Å². The maximum atomic E-state index is 12.8. The second kappa shape index (κ2) is 8.43. The fourth-order valence-corrected chi connectivity index (χ4v) is 4.31. The van der Waals surface area contributed by atoms with Gasteiger partial charge >= 0.3 is 5.97 Å². The van der Waals surface area contributed by atoms with Gasteiger partial charge in [-0.3, -0.25) is 9.59 Å². The number of likely N-dealkylation sites (tertiary alicyclic amines) is 1. The average Bonchev–Trinajstić information content (AvgIpc) is 3.35. The quantitative estimate of drug-likeness (QED) is 0.776. The SMILES string of the molecule is COC(=O)c1c(NC(=O)c2cccc(OC)c2)sc(C(=O)N2CCCC2)c1C. The summed E-state index contributed by atoms with van der Waals surface area (Å²) in [6.07, 6.45) is 1.94. The van der Waals surface area contributed by atoms with Crippen LogP contribution >= 0.6 is 11.3 Å². The Balaban J connectivity index is 1.94. The number of hydrogen-bond acceptors (Lipinski definition) is 6. The van der Waals surface area contributed by atoms with Gasteiger partial charge in [-0.15, -0.1) is 11.3 Å². The molecule has 28 heavy (non-hydrogen) atoms. The zero-order valence-corrected chi connectivity index (χ0v) is 16.9. The molecule has 0 unspecified atom stereocenters. The van der Waals surface area contributed by atoms with Crippen molar-refractivity contribution >= 4 is 34.1 Å². The van der Waals surface area contributed by atoms with Crippen molar-refractivity contribution < 1.29 is 23.9 Å². The monoisotopic (exact) mass is 402 g/mol. The first-order valence-electron chi connectivity index (χ1n) is 8.92. The standard InChI is InChI=1S/C20H22N2O5S/c1-12-15(20(25)27-3)18(28-16(12)19(24)22-9-4-5-10-22)21-17(23)13-7-6-8-14(11-13)26-2/h6-8,11H,4-5,9-10H2,1-3H3,(H,21,23). The molecule has 1 aromatic carbocycles. The summed E-state index contributed by atoms with van der Waals surface area (Å²) in [5.41, 5.74) is 1.12. The van der Waals surface area contributed by atoms with E-state index in [1.165, 1.54) is 14.2 Å². The lowest BCUT2D eigenvalue weighted by Gasteiger charge is -2.14. The summed E-state index contributed by atoms with van der Waals surface area (Å²) >= 11 is 1.10. The first kappa shape index (κ1) is 19.9. The molecule has 0 spiro atoms. The van der Waals surface area contributed by atoms with E-state index < -0.39 is 11.9 Å². The van der Waals surface area contributed by atoms with E-state index >= 15 is 0 Å². The number of carbonyl (C=O) groups is 3. The Hall–Kier alpha value is -2.87. The van der Waals surface area contributed by atoms with Gasteiger partial charge in [-0.1, -0.05) is 6.07 Å². The summed E-state index contributed by atoms with van der Waals surface area (Å²) in [5, 5.41) is 3.06. The van der Waals surface area contributed by atoms with Gasteiger partial charge in [-0.2, -0.15) is 0 Å². The highest BCUT2D eigenvalue weighted by Gasteiger charge is 2.29. The summed E-state index contributed by atoms with van der Waals surface area (Å²) in [6, 6.07) is 6.69. The Kier molecular flexibility index (Phi) is 5.99. The van der Waals surface area contributed by atoms with Gasteiger partial charge in [-0.25, -0.2) is 4.79 Å². The number of benzene rings is 1. The van der Waals surface area contributed by atoms with Crippen LogP contribution in [0, 0.1) is 6.92 Å². The molecule has 2 heterocycles. The Bertz CT molecular complexity index is 915. The lowest BCUT2D eigenvalue weighted by Crippen LogP contribution is -2.27. The minimum atomic E-state index is -0.588. The molecule has 3 rings (SSSR count). The summed E-state index contributed by atoms with van der Waals surface area (Å²) in [6.45, 7) is 3.11. The average molecular weight is 402 g/mol. The number of anilines is 1. The van der Waals surface area contributed by atoms with Crippen LogP contribution in [0.3, 0.4) is 0 Å². The van der Waals surface area contributed by atoms with E-state index in [1.54, 1.807) is 36.1 Å². The maximum absolute atomic E-state index is 12.8. The predicted molar refractivity (Wildman–Crippen MR) is 106 cm³/mol. The van der Waals surface area contributed by atoms with Crippen molar-refractivity contribution in [3.8, 4) is 5.75 Å². The second-order valence-electron chi connectivity index (χ2n) is 6.44. The summed E-state index contributed by atoms with van der Waals surface area (Å²) in [4.78, 5) is 40.1. The van der Waals surface area contributed by atoms with Crippen LogP contribution < -0.4 is 10.1 Å². The smallest absolute Gasteiger partial charge is 0.341 e. The van der Waals surface area contributed by atoms with Gasteiger partial charge in [0.05, 0.1) is 24.7 Å². The third-order valence-electron chi connectivity index (χ3n) is 4.68. The fraction of sp³-hybridized carbons (Fsp3) is 0.350. The van der Waals surface area contributed by atoms with Gasteiger partial charge < -0.3 is 19.7 Å². The van der Waals surface area contributed by atoms with Gasteiger partial charge in [-0.05, 0) is 43.5 Å². The molecule has 2 aromatic rings. The van der Waals surface area contributed by atoms with Gasteiger partial charge in [0.15, 0.2) is 0 Å². The summed E-state index contributed by atoms with van der Waals surface area (Å²) < 4.78 is 10.0. The largest absolute Gasteiger partial charge is 0.497 e. The van der Waals surface area contributed by atoms with Crippen LogP contribution in [0.2, 0.25) is 0 Å². The molecular formula is C20H22N2O5S. The molecule has 8 heteroatoms. The van der Waals surface area contributed by atoms with E-state index in [4.69, 9.17) is 9.47 Å². The third-order valence-corrected chi connectivity index (χ3v) is 5.88. The van der Waals surface area contributed by atoms with Crippen LogP contribution in [0.4, 0.5) is 5.00 Å². The number of carbonyl (C=O) groups excluding carboxylic acids is 3. The van der Waals surface area contributed by atoms with E-state index in [1.807, 2.05) is 0 Å². The fourth-order valence-electron chi connectivity index (χ4n) is 3.16. The molecule has 1 aliphatic rings. The van der Waals surface area contributed by atoms with Crippen LogP contribution in [0.1, 0.15) is 48.8 Å². The first-order chi connectivity index (χ1) is 13.5. The van der Waals surface area contributed by atoms with Gasteiger partial charge in [0.1, 0.15) is 10.8 Å². The van der Waals surface area contributed by atoms with E-state index in [0.29, 0.717) is 39.8 Å². The van der Waals surface area contributed by atoms with Crippen molar-refractivity contribution in [3.63, 3.8) is 0 Å². The Labute approximate surface area is 167 Å². The molecular weight excluding hydrogens is 380 g/mol. The summed E-state index contributed by atoms with van der Waals surface area (Å²) in [5.74, 6) is -0.555. The molecule has 1 N–H and O–H groups in total. The van der Waals surface area contributed by atoms with Gasteiger partial charge in [0, 0.05) is 18.7 Å². The lowest BCUT2D eigenvalue weighted by molar-refractivity contribution is 0.0601. The van der Waals surface area contributed by atoms with Crippen LogP contribution in [0.15, 0.2) is 24.3 Å². The molecule has 0 radical (unpaired) electrons. The highest BCUT2D eigenvalue weighted by Crippen LogP contribution is 2.35. The molecule has 0 saturated carbocycles. The second-order valence-corrected chi connectivity index (χ2v) is 7.46. The van der Waals surface area contributed by atoms with E-state index in [-0.39, 0.29) is 11.5 Å². The molecule has 1 aromatic heterocycles. The van der Waals surface area contributed by atoms with Crippen molar-refractivity contribution in [2.45, 2.75) is 19.8 Å². The van der Waals surface area contributed by atoms with Crippen molar-refractivity contribution in [2.75, 3.05) is 32.6 Å². The molecule has 1 saturated heterocycles. The van der Waals surface area contributed by atoms with E-state index in [0.717, 1.165) is 24.2 Å². The van der Waals surface area contributed by atoms with E-state index in [9.17, 15) is 14.4 Å². The number of thiophene rings is 1. The minimum Gasteiger partial charge on any atom is -0.497 e. The Morgan fingerprint density at radius 2 is 1.86 bits per heavy atom. The molecule has 0 bridgehead atoms.